The van der Waals surface area contributed by atoms with Gasteiger partial charge in [-0.25, -0.2) is 4.79 Å². The maximum Gasteiger partial charge on any atom is 0.321 e. The lowest BCUT2D eigenvalue weighted by molar-refractivity contribution is -0.121. The lowest BCUT2D eigenvalue weighted by Gasteiger charge is -2.35. The SMILES string of the molecule is O=C(CN1CCN(c2ccccc2O)CC1)NC(=O)NCc1ccccc1. The van der Waals surface area contributed by atoms with Gasteiger partial charge >= 0.3 is 6.03 Å². The number of carbonyl (C=O) groups excluding carboxylic acids is 2. The van der Waals surface area contributed by atoms with Gasteiger partial charge in [0.1, 0.15) is 5.75 Å². The number of hydrogen-bond donors (Lipinski definition) is 3. The standard InChI is InChI=1S/C20H24N4O3/c25-18-9-5-4-8-17(18)24-12-10-23(11-13-24)15-19(26)22-20(27)21-14-16-6-2-1-3-7-16/h1-9,25H,10-15H2,(H2,21,22,26,27). The van der Waals surface area contributed by atoms with E-state index in [0.717, 1.165) is 11.3 Å². The summed E-state index contributed by atoms with van der Waals surface area (Å²) in [6, 6.07) is 16.3. The second kappa shape index (κ2) is 9.05. The van der Waals surface area contributed by atoms with Crippen LogP contribution in [0.5, 0.6) is 5.75 Å². The number of carbonyl (C=O) groups is 2. The Morgan fingerprint density at radius 2 is 1.59 bits per heavy atom. The molecule has 0 bridgehead atoms. The van der Waals surface area contributed by atoms with Crippen molar-refractivity contribution in [3.63, 3.8) is 0 Å². The van der Waals surface area contributed by atoms with Crippen molar-refractivity contribution in [1.82, 2.24) is 15.5 Å². The summed E-state index contributed by atoms with van der Waals surface area (Å²) in [5.41, 5.74) is 1.78. The monoisotopic (exact) mass is 368 g/mol. The molecule has 27 heavy (non-hydrogen) atoms. The number of imide groups is 1. The molecule has 0 radical (unpaired) electrons. The molecule has 2 aromatic carbocycles. The van der Waals surface area contributed by atoms with Crippen LogP contribution in [0, 0.1) is 0 Å². The molecule has 142 valence electrons. The zero-order valence-corrected chi connectivity index (χ0v) is 15.1. The van der Waals surface area contributed by atoms with Crippen molar-refractivity contribution in [3.8, 4) is 5.75 Å². The molecule has 0 aliphatic carbocycles. The van der Waals surface area contributed by atoms with Crippen LogP contribution >= 0.6 is 0 Å². The van der Waals surface area contributed by atoms with Gasteiger partial charge in [0.05, 0.1) is 12.2 Å². The van der Waals surface area contributed by atoms with E-state index in [1.807, 2.05) is 47.4 Å². The zero-order valence-electron chi connectivity index (χ0n) is 15.1. The Morgan fingerprint density at radius 3 is 2.30 bits per heavy atom. The number of urea groups is 1. The van der Waals surface area contributed by atoms with Gasteiger partial charge in [-0.2, -0.15) is 0 Å². The van der Waals surface area contributed by atoms with E-state index in [-0.39, 0.29) is 18.2 Å². The summed E-state index contributed by atoms with van der Waals surface area (Å²) in [6.07, 6.45) is 0. The van der Waals surface area contributed by atoms with Crippen LogP contribution in [0.3, 0.4) is 0 Å². The quantitative estimate of drug-likeness (QED) is 0.746. The van der Waals surface area contributed by atoms with Crippen LogP contribution < -0.4 is 15.5 Å². The van der Waals surface area contributed by atoms with E-state index in [1.54, 1.807) is 12.1 Å². The summed E-state index contributed by atoms with van der Waals surface area (Å²) in [5.74, 6) is -0.0599. The highest BCUT2D eigenvalue weighted by atomic mass is 16.3. The fourth-order valence-electron chi connectivity index (χ4n) is 3.07. The van der Waals surface area contributed by atoms with Gasteiger partial charge in [-0.05, 0) is 17.7 Å². The van der Waals surface area contributed by atoms with Crippen LogP contribution in [-0.2, 0) is 11.3 Å². The number of rotatable bonds is 5. The third kappa shape index (κ3) is 5.46. The number of nitrogens with one attached hydrogen (secondary N) is 2. The highest BCUT2D eigenvalue weighted by Gasteiger charge is 2.21. The molecule has 1 saturated heterocycles. The number of phenols is 1. The molecule has 2 aromatic rings. The molecule has 0 spiro atoms. The Bertz CT molecular complexity index is 774. The molecule has 0 atom stereocenters. The molecule has 1 heterocycles. The van der Waals surface area contributed by atoms with Crippen LogP contribution in [0.2, 0.25) is 0 Å². The van der Waals surface area contributed by atoms with Crippen LogP contribution in [0.1, 0.15) is 5.56 Å². The van der Waals surface area contributed by atoms with Crippen LogP contribution in [0.15, 0.2) is 54.6 Å². The summed E-state index contributed by atoms with van der Waals surface area (Å²) >= 11 is 0. The number of para-hydroxylation sites is 2. The predicted octanol–water partition coefficient (Wildman–Crippen LogP) is 1.54. The smallest absolute Gasteiger partial charge is 0.321 e. The molecule has 1 aliphatic rings. The number of hydrogen-bond acceptors (Lipinski definition) is 5. The summed E-state index contributed by atoms with van der Waals surface area (Å²) in [4.78, 5) is 28.0. The van der Waals surface area contributed by atoms with Crippen molar-refractivity contribution in [3.05, 3.63) is 60.2 Å². The first-order chi connectivity index (χ1) is 13.1. The fraction of sp³-hybridized carbons (Fsp3) is 0.300. The Labute approximate surface area is 158 Å². The molecule has 3 amide bonds. The lowest BCUT2D eigenvalue weighted by atomic mass is 10.2. The van der Waals surface area contributed by atoms with Gasteiger partial charge in [-0.1, -0.05) is 42.5 Å². The van der Waals surface area contributed by atoms with E-state index in [4.69, 9.17) is 0 Å². The Balaban J connectivity index is 1.39. The van der Waals surface area contributed by atoms with Gasteiger partial charge in [0.2, 0.25) is 5.91 Å². The minimum absolute atomic E-state index is 0.174. The largest absolute Gasteiger partial charge is 0.506 e. The maximum absolute atomic E-state index is 12.1. The zero-order chi connectivity index (χ0) is 19.1. The maximum atomic E-state index is 12.1. The first-order valence-corrected chi connectivity index (χ1v) is 8.99. The number of benzene rings is 2. The molecule has 1 fully saturated rings. The third-order valence-electron chi connectivity index (χ3n) is 4.51. The van der Waals surface area contributed by atoms with Crippen LogP contribution in [0.25, 0.3) is 0 Å². The molecule has 1 aliphatic heterocycles. The molecule has 7 nitrogen and oxygen atoms in total. The molecule has 7 heteroatoms. The number of anilines is 1. The number of piperazine rings is 1. The predicted molar refractivity (Wildman–Crippen MR) is 104 cm³/mol. The topological polar surface area (TPSA) is 84.9 Å². The van der Waals surface area contributed by atoms with Gasteiger partial charge in [0.15, 0.2) is 0 Å². The van der Waals surface area contributed by atoms with E-state index < -0.39 is 6.03 Å². The highest BCUT2D eigenvalue weighted by Crippen LogP contribution is 2.27. The van der Waals surface area contributed by atoms with E-state index >= 15 is 0 Å². The van der Waals surface area contributed by atoms with Gasteiger partial charge in [0.25, 0.3) is 0 Å². The van der Waals surface area contributed by atoms with Crippen molar-refractivity contribution in [2.75, 3.05) is 37.6 Å². The normalized spacial score (nSPS) is 14.6. The van der Waals surface area contributed by atoms with Crippen LogP contribution in [-0.4, -0.2) is 54.7 Å². The van der Waals surface area contributed by atoms with Crippen molar-refractivity contribution in [1.29, 1.82) is 0 Å². The molecular formula is C20H24N4O3. The van der Waals surface area contributed by atoms with E-state index in [0.29, 0.717) is 32.7 Å². The first kappa shape index (κ1) is 18.7. The van der Waals surface area contributed by atoms with Gasteiger partial charge in [0, 0.05) is 32.7 Å². The number of amides is 3. The second-order valence-corrected chi connectivity index (χ2v) is 6.47. The minimum atomic E-state index is -0.489. The van der Waals surface area contributed by atoms with Gasteiger partial charge in [-0.3, -0.25) is 15.0 Å². The number of nitrogens with zero attached hydrogens (tertiary/aromatic N) is 2. The van der Waals surface area contributed by atoms with Crippen molar-refractivity contribution < 1.29 is 14.7 Å². The fourth-order valence-corrected chi connectivity index (χ4v) is 3.07. The van der Waals surface area contributed by atoms with E-state index in [2.05, 4.69) is 15.5 Å². The van der Waals surface area contributed by atoms with Gasteiger partial charge < -0.3 is 15.3 Å². The Kier molecular flexibility index (Phi) is 6.27. The van der Waals surface area contributed by atoms with E-state index in [1.165, 1.54) is 0 Å². The molecule has 0 unspecified atom stereocenters. The Morgan fingerprint density at radius 1 is 0.926 bits per heavy atom. The second-order valence-electron chi connectivity index (χ2n) is 6.47. The highest BCUT2D eigenvalue weighted by molar-refractivity contribution is 5.95. The summed E-state index contributed by atoms with van der Waals surface area (Å²) in [7, 11) is 0. The van der Waals surface area contributed by atoms with Crippen molar-refractivity contribution in [2.24, 2.45) is 0 Å². The first-order valence-electron chi connectivity index (χ1n) is 8.99. The van der Waals surface area contributed by atoms with Gasteiger partial charge in [-0.15, -0.1) is 0 Å². The molecule has 3 rings (SSSR count). The molecule has 0 aromatic heterocycles. The number of phenolic OH excluding ortho intramolecular Hbond substituents is 1. The molecular weight excluding hydrogens is 344 g/mol. The van der Waals surface area contributed by atoms with Crippen molar-refractivity contribution >= 4 is 17.6 Å². The summed E-state index contributed by atoms with van der Waals surface area (Å²) in [5, 5.41) is 15.0. The summed E-state index contributed by atoms with van der Waals surface area (Å²) in [6.45, 7) is 3.35. The molecule has 0 saturated carbocycles. The molecule has 3 N–H and O–H groups in total. The summed E-state index contributed by atoms with van der Waals surface area (Å²) < 4.78 is 0. The van der Waals surface area contributed by atoms with Crippen molar-refractivity contribution in [2.45, 2.75) is 6.54 Å². The average molecular weight is 368 g/mol. The van der Waals surface area contributed by atoms with E-state index in [9.17, 15) is 14.7 Å². The minimum Gasteiger partial charge on any atom is -0.506 e. The third-order valence-corrected chi connectivity index (χ3v) is 4.51. The van der Waals surface area contributed by atoms with Crippen LogP contribution in [0.4, 0.5) is 10.5 Å². The lowest BCUT2D eigenvalue weighted by Crippen LogP contribution is -2.51. The average Bonchev–Trinajstić information content (AvgIpc) is 2.68. The Hall–Kier alpha value is -3.06. The number of aromatic hydroxyl groups is 1.